The minimum atomic E-state index is -0.0379. The highest BCUT2D eigenvalue weighted by Crippen LogP contribution is 2.30. The Kier molecular flexibility index (Phi) is 3.62. The highest BCUT2D eigenvalue weighted by molar-refractivity contribution is 6.18. The van der Waals surface area contributed by atoms with Crippen molar-refractivity contribution >= 4 is 17.6 Å². The summed E-state index contributed by atoms with van der Waals surface area (Å²) < 4.78 is 0. The van der Waals surface area contributed by atoms with E-state index in [4.69, 9.17) is 16.4 Å². The summed E-state index contributed by atoms with van der Waals surface area (Å²) in [6.45, 7) is 1.17. The maximum atomic E-state index is 12.2. The first-order chi connectivity index (χ1) is 9.29. The van der Waals surface area contributed by atoms with Gasteiger partial charge in [-0.3, -0.25) is 4.84 Å². The molecule has 0 N–H and O–H groups in total. The Morgan fingerprint density at radius 1 is 1.26 bits per heavy atom. The van der Waals surface area contributed by atoms with Gasteiger partial charge in [-0.05, 0) is 18.4 Å². The average Bonchev–Trinajstić information content (AvgIpc) is 2.71. The summed E-state index contributed by atoms with van der Waals surface area (Å²) in [5.74, 6) is 0.505. The molecule has 2 aliphatic rings. The molecule has 0 radical (unpaired) electrons. The number of benzene rings is 1. The van der Waals surface area contributed by atoms with Gasteiger partial charge in [-0.1, -0.05) is 30.3 Å². The molecule has 0 aromatic heterocycles. The molecule has 0 spiro atoms. The molecule has 2 saturated heterocycles. The number of alkyl halides is 1. The monoisotopic (exact) mass is 280 g/mol. The molecule has 2 aliphatic heterocycles. The third-order valence-corrected chi connectivity index (χ3v) is 4.19. The first-order valence-corrected chi connectivity index (χ1v) is 7.15. The number of halogens is 1. The van der Waals surface area contributed by atoms with E-state index in [0.29, 0.717) is 12.5 Å². The zero-order valence-corrected chi connectivity index (χ0v) is 11.4. The average molecular weight is 281 g/mol. The Hall–Kier alpha value is -1.26. The van der Waals surface area contributed by atoms with Crippen molar-refractivity contribution in [1.82, 2.24) is 9.96 Å². The Morgan fingerprint density at radius 2 is 2.05 bits per heavy atom. The first kappa shape index (κ1) is 12.8. The van der Waals surface area contributed by atoms with Crippen LogP contribution in [0.3, 0.4) is 0 Å². The molecule has 2 bridgehead atoms. The van der Waals surface area contributed by atoms with Gasteiger partial charge in [0.05, 0.1) is 6.04 Å². The molecular weight excluding hydrogens is 264 g/mol. The summed E-state index contributed by atoms with van der Waals surface area (Å²) in [6.07, 6.45) is 1.93. The number of amides is 2. The molecule has 0 aliphatic carbocycles. The van der Waals surface area contributed by atoms with Gasteiger partial charge in [-0.15, -0.1) is 11.6 Å². The van der Waals surface area contributed by atoms with E-state index in [1.807, 2.05) is 35.2 Å². The van der Waals surface area contributed by atoms with Crippen molar-refractivity contribution in [3.05, 3.63) is 35.9 Å². The highest BCUT2D eigenvalue weighted by Gasteiger charge is 2.45. The molecule has 2 heterocycles. The lowest BCUT2D eigenvalue weighted by atomic mass is 10.0. The number of piperidine rings is 1. The maximum Gasteiger partial charge on any atom is 0.344 e. The Bertz CT molecular complexity index is 454. The minimum absolute atomic E-state index is 0.0379. The molecule has 2 atom stereocenters. The van der Waals surface area contributed by atoms with Gasteiger partial charge in [0.15, 0.2) is 0 Å². The van der Waals surface area contributed by atoms with E-state index in [-0.39, 0.29) is 18.1 Å². The molecule has 2 amide bonds. The van der Waals surface area contributed by atoms with Crippen LogP contribution in [0, 0.1) is 0 Å². The van der Waals surface area contributed by atoms with Crippen LogP contribution in [0.4, 0.5) is 4.79 Å². The second-order valence-corrected chi connectivity index (χ2v) is 5.37. The molecule has 4 nitrogen and oxygen atoms in total. The molecule has 1 unspecified atom stereocenters. The SMILES string of the molecule is O=C1N(OCc2ccccc2)C2CC[C@@H](CCl)N1C2. The number of fused-ring (bicyclic) bond motifs is 2. The van der Waals surface area contributed by atoms with Crippen LogP contribution in [-0.4, -0.2) is 40.5 Å². The van der Waals surface area contributed by atoms with Gasteiger partial charge in [-0.25, -0.2) is 4.79 Å². The summed E-state index contributed by atoms with van der Waals surface area (Å²) in [5.41, 5.74) is 1.07. The lowest BCUT2D eigenvalue weighted by molar-refractivity contribution is -0.140. The number of hydrogen-bond acceptors (Lipinski definition) is 2. The third-order valence-electron chi connectivity index (χ3n) is 3.84. The Labute approximate surface area is 117 Å². The maximum absolute atomic E-state index is 12.2. The van der Waals surface area contributed by atoms with Crippen molar-refractivity contribution in [2.45, 2.75) is 31.5 Å². The number of rotatable bonds is 4. The standard InChI is InChI=1S/C14H17ClN2O2/c15-8-12-6-7-13-9-16(12)14(18)17(13)19-10-11-4-2-1-3-5-11/h1-5,12-13H,6-10H2/t12-,13?/m0/s1. The van der Waals surface area contributed by atoms with Crippen molar-refractivity contribution in [2.75, 3.05) is 12.4 Å². The van der Waals surface area contributed by atoms with Crippen LogP contribution < -0.4 is 0 Å². The van der Waals surface area contributed by atoms with Crippen LogP contribution in [0.1, 0.15) is 18.4 Å². The van der Waals surface area contributed by atoms with E-state index in [1.165, 1.54) is 0 Å². The van der Waals surface area contributed by atoms with Crippen LogP contribution in [0.25, 0.3) is 0 Å². The van der Waals surface area contributed by atoms with Crippen LogP contribution in [0.15, 0.2) is 30.3 Å². The number of hydroxylamine groups is 2. The largest absolute Gasteiger partial charge is 0.344 e. The number of urea groups is 1. The van der Waals surface area contributed by atoms with E-state index in [2.05, 4.69) is 0 Å². The van der Waals surface area contributed by atoms with E-state index in [9.17, 15) is 4.79 Å². The number of hydrogen-bond donors (Lipinski definition) is 0. The normalized spacial score (nSPS) is 26.1. The molecular formula is C14H17ClN2O2. The molecule has 5 heteroatoms. The van der Waals surface area contributed by atoms with E-state index in [0.717, 1.165) is 24.9 Å². The van der Waals surface area contributed by atoms with Gasteiger partial charge < -0.3 is 4.90 Å². The third kappa shape index (κ3) is 2.42. The predicted molar refractivity (Wildman–Crippen MR) is 72.7 cm³/mol. The van der Waals surface area contributed by atoms with Gasteiger partial charge in [0.25, 0.3) is 0 Å². The molecule has 3 rings (SSSR count). The molecule has 0 saturated carbocycles. The molecule has 102 valence electrons. The van der Waals surface area contributed by atoms with Crippen molar-refractivity contribution in [3.63, 3.8) is 0 Å². The fraction of sp³-hybridized carbons (Fsp3) is 0.500. The van der Waals surface area contributed by atoms with Crippen molar-refractivity contribution in [3.8, 4) is 0 Å². The van der Waals surface area contributed by atoms with E-state index >= 15 is 0 Å². The summed E-state index contributed by atoms with van der Waals surface area (Å²) in [5, 5.41) is 1.54. The predicted octanol–water partition coefficient (Wildman–Crippen LogP) is 2.63. The van der Waals surface area contributed by atoms with Crippen molar-refractivity contribution in [1.29, 1.82) is 0 Å². The van der Waals surface area contributed by atoms with Gasteiger partial charge in [0.2, 0.25) is 0 Å². The van der Waals surface area contributed by atoms with Crippen LogP contribution in [-0.2, 0) is 11.4 Å². The van der Waals surface area contributed by atoms with Crippen LogP contribution in [0.5, 0.6) is 0 Å². The first-order valence-electron chi connectivity index (χ1n) is 6.62. The summed E-state index contributed by atoms with van der Waals surface area (Å²) in [6, 6.07) is 10.2. The number of carbonyl (C=O) groups is 1. The summed E-state index contributed by atoms with van der Waals surface area (Å²) in [7, 11) is 0. The molecule has 1 aromatic carbocycles. The molecule has 1 aromatic rings. The second-order valence-electron chi connectivity index (χ2n) is 5.06. The van der Waals surface area contributed by atoms with E-state index in [1.54, 1.807) is 5.06 Å². The molecule has 19 heavy (non-hydrogen) atoms. The van der Waals surface area contributed by atoms with Gasteiger partial charge in [-0.2, -0.15) is 5.06 Å². The highest BCUT2D eigenvalue weighted by atomic mass is 35.5. The van der Waals surface area contributed by atoms with Gasteiger partial charge in [0.1, 0.15) is 6.61 Å². The van der Waals surface area contributed by atoms with Gasteiger partial charge in [0, 0.05) is 18.5 Å². The summed E-state index contributed by atoms with van der Waals surface area (Å²) >= 11 is 5.91. The van der Waals surface area contributed by atoms with Crippen molar-refractivity contribution in [2.24, 2.45) is 0 Å². The van der Waals surface area contributed by atoms with Crippen LogP contribution >= 0.6 is 11.6 Å². The fourth-order valence-corrected chi connectivity index (χ4v) is 3.08. The lowest BCUT2D eigenvalue weighted by Crippen LogP contribution is -2.41. The molecule has 2 fully saturated rings. The van der Waals surface area contributed by atoms with Gasteiger partial charge >= 0.3 is 6.03 Å². The summed E-state index contributed by atoms with van der Waals surface area (Å²) in [4.78, 5) is 19.8. The fourth-order valence-electron chi connectivity index (χ4n) is 2.76. The minimum Gasteiger partial charge on any atom is -0.317 e. The number of nitrogens with zero attached hydrogens (tertiary/aromatic N) is 2. The second kappa shape index (κ2) is 5.39. The lowest BCUT2D eigenvalue weighted by Gasteiger charge is -2.28. The topological polar surface area (TPSA) is 32.8 Å². The smallest absolute Gasteiger partial charge is 0.317 e. The quantitative estimate of drug-likeness (QED) is 0.794. The zero-order valence-electron chi connectivity index (χ0n) is 10.7. The number of carbonyl (C=O) groups excluding carboxylic acids is 1. The van der Waals surface area contributed by atoms with Crippen LogP contribution in [0.2, 0.25) is 0 Å². The Balaban J connectivity index is 1.64. The van der Waals surface area contributed by atoms with E-state index < -0.39 is 0 Å². The zero-order chi connectivity index (χ0) is 13.2. The van der Waals surface area contributed by atoms with Crippen molar-refractivity contribution < 1.29 is 9.63 Å². The Morgan fingerprint density at radius 3 is 2.79 bits per heavy atom.